The van der Waals surface area contributed by atoms with Crippen molar-refractivity contribution < 1.29 is 28.5 Å². The number of amides is 2. The topological polar surface area (TPSA) is 107 Å². The lowest BCUT2D eigenvalue weighted by Gasteiger charge is -2.19. The largest absolute Gasteiger partial charge is 0.493 e. The van der Waals surface area contributed by atoms with Gasteiger partial charge in [-0.3, -0.25) is 9.59 Å². The van der Waals surface area contributed by atoms with Crippen molar-refractivity contribution in [2.24, 2.45) is 5.10 Å². The second kappa shape index (κ2) is 9.64. The van der Waals surface area contributed by atoms with Crippen LogP contribution in [-0.4, -0.2) is 45.0 Å². The Hall–Kier alpha value is -3.75. The van der Waals surface area contributed by atoms with Crippen molar-refractivity contribution in [1.82, 2.24) is 5.43 Å². The van der Waals surface area contributed by atoms with Crippen LogP contribution in [-0.2, 0) is 4.79 Å². The summed E-state index contributed by atoms with van der Waals surface area (Å²) >= 11 is 0. The summed E-state index contributed by atoms with van der Waals surface area (Å²) in [5.74, 6) is 1.49. The molecule has 0 saturated heterocycles. The van der Waals surface area contributed by atoms with Crippen molar-refractivity contribution in [3.8, 4) is 23.0 Å². The third-order valence-corrected chi connectivity index (χ3v) is 4.24. The number of carbonyl (C=O) groups is 2. The lowest BCUT2D eigenvalue weighted by Crippen LogP contribution is -2.21. The van der Waals surface area contributed by atoms with E-state index >= 15 is 0 Å². The molecular weight excluding hydrogens is 390 g/mol. The highest BCUT2D eigenvalue weighted by atomic mass is 16.6. The predicted molar refractivity (Wildman–Crippen MR) is 111 cm³/mol. The van der Waals surface area contributed by atoms with Gasteiger partial charge >= 0.3 is 0 Å². The highest BCUT2D eigenvalue weighted by Crippen LogP contribution is 2.32. The Morgan fingerprint density at radius 1 is 1.00 bits per heavy atom. The zero-order valence-corrected chi connectivity index (χ0v) is 17.0. The number of fused-ring (bicyclic) bond motifs is 1. The number of methoxy groups -OCH3 is 2. The first kappa shape index (κ1) is 21.0. The molecule has 0 fully saturated rings. The third-order valence-electron chi connectivity index (χ3n) is 4.24. The van der Waals surface area contributed by atoms with E-state index in [1.807, 2.05) is 0 Å². The Morgan fingerprint density at radius 3 is 2.47 bits per heavy atom. The highest BCUT2D eigenvalue weighted by molar-refractivity contribution is 6.06. The first-order valence-electron chi connectivity index (χ1n) is 9.25. The molecule has 0 unspecified atom stereocenters. The molecule has 0 saturated carbocycles. The Labute approximate surface area is 174 Å². The van der Waals surface area contributed by atoms with Gasteiger partial charge in [0.15, 0.2) is 23.0 Å². The van der Waals surface area contributed by atoms with E-state index in [4.69, 9.17) is 18.9 Å². The second-order valence-electron chi connectivity index (χ2n) is 6.44. The maximum atomic E-state index is 12.3. The summed E-state index contributed by atoms with van der Waals surface area (Å²) in [7, 11) is 3.00. The van der Waals surface area contributed by atoms with E-state index in [0.29, 0.717) is 53.2 Å². The summed E-state index contributed by atoms with van der Waals surface area (Å²) in [4.78, 5) is 24.5. The number of anilines is 1. The number of hydrazone groups is 1. The average Bonchev–Trinajstić information content (AvgIpc) is 2.76. The van der Waals surface area contributed by atoms with Gasteiger partial charge in [-0.1, -0.05) is 0 Å². The monoisotopic (exact) mass is 413 g/mol. The number of nitrogens with one attached hydrogen (secondary N) is 2. The molecule has 2 aromatic carbocycles. The molecule has 1 aliphatic rings. The van der Waals surface area contributed by atoms with Gasteiger partial charge in [-0.2, -0.15) is 5.10 Å². The van der Waals surface area contributed by atoms with E-state index in [-0.39, 0.29) is 12.3 Å². The summed E-state index contributed by atoms with van der Waals surface area (Å²) in [6.45, 7) is 2.62. The number of rotatable bonds is 7. The summed E-state index contributed by atoms with van der Waals surface area (Å²) < 4.78 is 21.3. The minimum atomic E-state index is -0.428. The SMILES string of the molecule is COc1ccc(C(=O)N/N=C(\C)CC(=O)Nc2ccc3c(c2)OCCO3)cc1OC. The van der Waals surface area contributed by atoms with E-state index in [0.717, 1.165) is 0 Å². The van der Waals surface area contributed by atoms with Gasteiger partial charge in [-0.05, 0) is 37.3 Å². The molecule has 0 spiro atoms. The van der Waals surface area contributed by atoms with Gasteiger partial charge in [0, 0.05) is 23.0 Å². The van der Waals surface area contributed by atoms with Crippen molar-refractivity contribution in [2.75, 3.05) is 32.8 Å². The fourth-order valence-electron chi connectivity index (χ4n) is 2.79. The van der Waals surface area contributed by atoms with E-state index in [1.54, 1.807) is 43.3 Å². The lowest BCUT2D eigenvalue weighted by molar-refractivity contribution is -0.115. The second-order valence-corrected chi connectivity index (χ2v) is 6.44. The molecule has 1 aliphatic heterocycles. The van der Waals surface area contributed by atoms with Gasteiger partial charge in [0.05, 0.1) is 20.6 Å². The van der Waals surface area contributed by atoms with Gasteiger partial charge < -0.3 is 24.3 Å². The zero-order valence-electron chi connectivity index (χ0n) is 17.0. The van der Waals surface area contributed by atoms with Crippen LogP contribution in [0.25, 0.3) is 0 Å². The fourth-order valence-corrected chi connectivity index (χ4v) is 2.79. The predicted octanol–water partition coefficient (Wildman–Crippen LogP) is 2.61. The molecule has 0 aromatic heterocycles. The molecule has 158 valence electrons. The molecule has 2 aromatic rings. The summed E-state index contributed by atoms with van der Waals surface area (Å²) in [5.41, 5.74) is 3.82. The molecule has 0 bridgehead atoms. The Morgan fingerprint density at radius 2 is 1.73 bits per heavy atom. The maximum absolute atomic E-state index is 12.3. The van der Waals surface area contributed by atoms with Crippen LogP contribution >= 0.6 is 0 Å². The number of ether oxygens (including phenoxy) is 4. The first-order chi connectivity index (χ1) is 14.5. The molecule has 2 N–H and O–H groups in total. The quantitative estimate of drug-likeness (QED) is 0.534. The van der Waals surface area contributed by atoms with Crippen LogP contribution in [0, 0.1) is 0 Å². The number of nitrogens with zero attached hydrogens (tertiary/aromatic N) is 1. The van der Waals surface area contributed by atoms with Crippen molar-refractivity contribution in [1.29, 1.82) is 0 Å². The number of carbonyl (C=O) groups excluding carboxylic acids is 2. The van der Waals surface area contributed by atoms with Gasteiger partial charge in [-0.15, -0.1) is 0 Å². The van der Waals surface area contributed by atoms with Crippen molar-refractivity contribution >= 4 is 23.2 Å². The molecule has 0 radical (unpaired) electrons. The van der Waals surface area contributed by atoms with Crippen LogP contribution in [0.15, 0.2) is 41.5 Å². The molecule has 0 aliphatic carbocycles. The molecular formula is C21H23N3O6. The summed E-state index contributed by atoms with van der Waals surface area (Å²) in [6.07, 6.45) is 0.0145. The first-order valence-corrected chi connectivity index (χ1v) is 9.25. The van der Waals surface area contributed by atoms with E-state index in [2.05, 4.69) is 15.8 Å². The summed E-state index contributed by atoms with van der Waals surface area (Å²) in [5, 5.41) is 6.76. The van der Waals surface area contributed by atoms with Crippen LogP contribution in [0.4, 0.5) is 5.69 Å². The number of hydrogen-bond donors (Lipinski definition) is 2. The molecule has 1 heterocycles. The molecule has 9 nitrogen and oxygen atoms in total. The smallest absolute Gasteiger partial charge is 0.271 e. The van der Waals surface area contributed by atoms with Crippen LogP contribution in [0.2, 0.25) is 0 Å². The van der Waals surface area contributed by atoms with Crippen molar-refractivity contribution in [3.63, 3.8) is 0 Å². The van der Waals surface area contributed by atoms with Crippen molar-refractivity contribution in [3.05, 3.63) is 42.0 Å². The average molecular weight is 413 g/mol. The molecule has 0 atom stereocenters. The van der Waals surface area contributed by atoms with Gasteiger partial charge in [0.25, 0.3) is 5.91 Å². The maximum Gasteiger partial charge on any atom is 0.271 e. The minimum absolute atomic E-state index is 0.0145. The van der Waals surface area contributed by atoms with E-state index < -0.39 is 5.91 Å². The van der Waals surface area contributed by atoms with Crippen LogP contribution in [0.5, 0.6) is 23.0 Å². The van der Waals surface area contributed by atoms with Crippen LogP contribution in [0.3, 0.4) is 0 Å². The zero-order chi connectivity index (χ0) is 21.5. The van der Waals surface area contributed by atoms with Gasteiger partial charge in [0.1, 0.15) is 13.2 Å². The molecule has 2 amide bonds. The van der Waals surface area contributed by atoms with Gasteiger partial charge in [0.2, 0.25) is 5.91 Å². The highest BCUT2D eigenvalue weighted by Gasteiger charge is 2.14. The van der Waals surface area contributed by atoms with E-state index in [1.165, 1.54) is 14.2 Å². The van der Waals surface area contributed by atoms with Gasteiger partial charge in [-0.25, -0.2) is 5.43 Å². The third kappa shape index (κ3) is 5.19. The standard InChI is InChI=1S/C21H23N3O6/c1-13(23-24-21(26)14-4-6-16(27-2)18(11-14)28-3)10-20(25)22-15-5-7-17-19(12-15)30-9-8-29-17/h4-7,11-12H,8-10H2,1-3H3,(H,22,25)(H,24,26)/b23-13+. The van der Waals surface area contributed by atoms with Crippen LogP contribution < -0.4 is 29.7 Å². The van der Waals surface area contributed by atoms with Crippen molar-refractivity contribution in [2.45, 2.75) is 13.3 Å². The number of benzene rings is 2. The van der Waals surface area contributed by atoms with E-state index in [9.17, 15) is 9.59 Å². The molecule has 3 rings (SSSR count). The molecule has 9 heteroatoms. The normalized spacial score (nSPS) is 12.7. The Kier molecular flexibility index (Phi) is 6.74. The summed E-state index contributed by atoms with van der Waals surface area (Å²) in [6, 6.07) is 9.96. The Balaban J connectivity index is 1.55. The minimum Gasteiger partial charge on any atom is -0.493 e. The molecule has 30 heavy (non-hydrogen) atoms. The fraction of sp³-hybridized carbons (Fsp3) is 0.286. The van der Waals surface area contributed by atoms with Crippen LogP contribution in [0.1, 0.15) is 23.7 Å². The number of hydrogen-bond acceptors (Lipinski definition) is 7. The Bertz CT molecular complexity index is 973. The lowest BCUT2D eigenvalue weighted by atomic mass is 10.2.